The largest absolute Gasteiger partial charge is 0.390 e. The number of rotatable bonds is 5. The molecule has 2 unspecified atom stereocenters. The summed E-state index contributed by atoms with van der Waals surface area (Å²) in [5.74, 6) is 0. The van der Waals surface area contributed by atoms with Crippen LogP contribution in [0, 0.1) is 5.41 Å². The first-order chi connectivity index (χ1) is 9.91. The van der Waals surface area contributed by atoms with Gasteiger partial charge in [0.2, 0.25) is 0 Å². The minimum atomic E-state index is -0.471. The molecule has 2 aliphatic heterocycles. The second kappa shape index (κ2) is 7.40. The van der Waals surface area contributed by atoms with Gasteiger partial charge in [0.25, 0.3) is 0 Å². The third-order valence-electron chi connectivity index (χ3n) is 5.00. The van der Waals surface area contributed by atoms with Crippen LogP contribution in [-0.4, -0.2) is 61.0 Å². The predicted octanol–water partition coefficient (Wildman–Crippen LogP) is 2.02. The summed E-state index contributed by atoms with van der Waals surface area (Å²) in [6.45, 7) is 12.4. The molecule has 2 rings (SSSR count). The lowest BCUT2D eigenvalue weighted by Gasteiger charge is -2.41. The molecule has 0 aromatic carbocycles. The van der Waals surface area contributed by atoms with E-state index in [1.165, 1.54) is 12.8 Å². The van der Waals surface area contributed by atoms with Gasteiger partial charge in [-0.25, -0.2) is 0 Å². The molecule has 0 bridgehead atoms. The van der Waals surface area contributed by atoms with E-state index in [0.717, 1.165) is 58.7 Å². The van der Waals surface area contributed by atoms with Gasteiger partial charge in [-0.15, -0.1) is 0 Å². The lowest BCUT2D eigenvalue weighted by Crippen LogP contribution is -2.50. The van der Waals surface area contributed by atoms with Crippen molar-refractivity contribution in [3.8, 4) is 0 Å². The number of nitrogens with zero attached hydrogens (tertiary/aromatic N) is 1. The highest BCUT2D eigenvalue weighted by atomic mass is 16.5. The van der Waals surface area contributed by atoms with Crippen molar-refractivity contribution in [2.75, 3.05) is 39.4 Å². The van der Waals surface area contributed by atoms with Crippen LogP contribution in [0.5, 0.6) is 0 Å². The fourth-order valence-corrected chi connectivity index (χ4v) is 3.60. The maximum atomic E-state index is 10.3. The molecule has 21 heavy (non-hydrogen) atoms. The number of hydrogen-bond donors (Lipinski definition) is 2. The van der Waals surface area contributed by atoms with E-state index in [4.69, 9.17) is 4.74 Å². The van der Waals surface area contributed by atoms with Gasteiger partial charge in [-0.1, -0.05) is 13.8 Å². The van der Waals surface area contributed by atoms with E-state index in [0.29, 0.717) is 6.04 Å². The average Bonchev–Trinajstić information content (AvgIpc) is 2.59. The Hall–Kier alpha value is -0.160. The number of hydrogen-bond acceptors (Lipinski definition) is 4. The Bertz CT molecular complexity index is 312. The second-order valence-electron chi connectivity index (χ2n) is 7.82. The first-order valence-electron chi connectivity index (χ1n) is 8.67. The van der Waals surface area contributed by atoms with Gasteiger partial charge in [0.1, 0.15) is 0 Å². The molecule has 0 aromatic rings. The quantitative estimate of drug-likeness (QED) is 0.815. The third kappa shape index (κ3) is 5.51. The van der Waals surface area contributed by atoms with Crippen molar-refractivity contribution >= 4 is 0 Å². The predicted molar refractivity (Wildman–Crippen MR) is 86.5 cm³/mol. The Balaban J connectivity index is 1.94. The Morgan fingerprint density at radius 2 is 2.00 bits per heavy atom. The Labute approximate surface area is 130 Å². The van der Waals surface area contributed by atoms with Crippen LogP contribution in [0.2, 0.25) is 0 Å². The molecule has 4 nitrogen and oxygen atoms in total. The van der Waals surface area contributed by atoms with Gasteiger partial charge >= 0.3 is 0 Å². The summed E-state index contributed by atoms with van der Waals surface area (Å²) in [6.07, 6.45) is 5.34. The molecule has 2 aliphatic rings. The van der Waals surface area contributed by atoms with Crippen molar-refractivity contribution < 1.29 is 9.84 Å². The zero-order valence-corrected chi connectivity index (χ0v) is 14.2. The zero-order valence-electron chi connectivity index (χ0n) is 14.2. The van der Waals surface area contributed by atoms with E-state index in [1.807, 2.05) is 6.92 Å². The molecule has 0 radical (unpaired) electrons. The van der Waals surface area contributed by atoms with Gasteiger partial charge in [-0.2, -0.15) is 0 Å². The summed E-state index contributed by atoms with van der Waals surface area (Å²) in [6, 6.07) is 0.522. The van der Waals surface area contributed by atoms with Gasteiger partial charge in [0.15, 0.2) is 0 Å². The number of aliphatic hydroxyl groups is 1. The average molecular weight is 298 g/mol. The lowest BCUT2D eigenvalue weighted by atomic mass is 9.81. The highest BCUT2D eigenvalue weighted by molar-refractivity contribution is 4.89. The molecular formula is C17H34N2O2. The van der Waals surface area contributed by atoms with Crippen LogP contribution in [0.15, 0.2) is 0 Å². The van der Waals surface area contributed by atoms with Crippen LogP contribution in [0.4, 0.5) is 0 Å². The molecule has 0 aliphatic carbocycles. The van der Waals surface area contributed by atoms with E-state index in [9.17, 15) is 5.11 Å². The molecule has 0 saturated carbocycles. The Morgan fingerprint density at radius 3 is 2.67 bits per heavy atom. The highest BCUT2D eigenvalue weighted by Gasteiger charge is 2.36. The molecule has 2 N–H and O–H groups in total. The zero-order chi connectivity index (χ0) is 15.3. The number of nitrogens with one attached hydrogen (secondary N) is 1. The minimum Gasteiger partial charge on any atom is -0.390 e. The van der Waals surface area contributed by atoms with Gasteiger partial charge in [-0.05, 0) is 45.6 Å². The SMILES string of the molecule is CC(C)NCC1(CN2CCCC(C)(O)CC2)CCCOC1. The van der Waals surface area contributed by atoms with E-state index in [2.05, 4.69) is 24.1 Å². The third-order valence-corrected chi connectivity index (χ3v) is 5.00. The van der Waals surface area contributed by atoms with E-state index < -0.39 is 5.60 Å². The fraction of sp³-hybridized carbons (Fsp3) is 1.00. The number of ether oxygens (including phenoxy) is 1. The summed E-state index contributed by atoms with van der Waals surface area (Å²) >= 11 is 0. The summed E-state index contributed by atoms with van der Waals surface area (Å²) in [4.78, 5) is 2.55. The molecule has 2 saturated heterocycles. The van der Waals surface area contributed by atoms with Crippen molar-refractivity contribution in [3.05, 3.63) is 0 Å². The molecular weight excluding hydrogens is 264 g/mol. The van der Waals surface area contributed by atoms with Crippen LogP contribution >= 0.6 is 0 Å². The molecule has 0 amide bonds. The molecule has 0 aromatic heterocycles. The molecule has 2 heterocycles. The van der Waals surface area contributed by atoms with E-state index >= 15 is 0 Å². The van der Waals surface area contributed by atoms with Crippen molar-refractivity contribution in [1.82, 2.24) is 10.2 Å². The van der Waals surface area contributed by atoms with Crippen molar-refractivity contribution in [2.24, 2.45) is 5.41 Å². The van der Waals surface area contributed by atoms with Crippen LogP contribution in [0.1, 0.15) is 52.9 Å². The normalized spacial score (nSPS) is 35.9. The fourth-order valence-electron chi connectivity index (χ4n) is 3.60. The minimum absolute atomic E-state index is 0.249. The van der Waals surface area contributed by atoms with E-state index in [1.54, 1.807) is 0 Å². The van der Waals surface area contributed by atoms with Gasteiger partial charge < -0.3 is 20.1 Å². The lowest BCUT2D eigenvalue weighted by molar-refractivity contribution is -0.0279. The smallest absolute Gasteiger partial charge is 0.0632 e. The maximum absolute atomic E-state index is 10.3. The van der Waals surface area contributed by atoms with Crippen LogP contribution in [-0.2, 0) is 4.74 Å². The first kappa shape index (κ1) is 17.2. The molecule has 124 valence electrons. The molecule has 0 spiro atoms. The van der Waals surface area contributed by atoms with Crippen LogP contribution < -0.4 is 5.32 Å². The van der Waals surface area contributed by atoms with Crippen LogP contribution in [0.25, 0.3) is 0 Å². The first-order valence-corrected chi connectivity index (χ1v) is 8.67. The van der Waals surface area contributed by atoms with Gasteiger partial charge in [0, 0.05) is 37.7 Å². The topological polar surface area (TPSA) is 44.7 Å². The highest BCUT2D eigenvalue weighted by Crippen LogP contribution is 2.31. The maximum Gasteiger partial charge on any atom is 0.0632 e. The van der Waals surface area contributed by atoms with Gasteiger partial charge in [-0.3, -0.25) is 0 Å². The Kier molecular flexibility index (Phi) is 6.06. The summed E-state index contributed by atoms with van der Waals surface area (Å²) in [7, 11) is 0. The molecule has 2 fully saturated rings. The van der Waals surface area contributed by atoms with Crippen molar-refractivity contribution in [2.45, 2.75) is 64.5 Å². The van der Waals surface area contributed by atoms with E-state index in [-0.39, 0.29) is 5.41 Å². The Morgan fingerprint density at radius 1 is 1.19 bits per heavy atom. The second-order valence-corrected chi connectivity index (χ2v) is 7.82. The standard InChI is InChI=1S/C17H34N2O2/c1-15(2)18-12-17(7-5-11-21-14-17)13-19-9-4-6-16(3,20)8-10-19/h15,18,20H,4-14H2,1-3H3. The van der Waals surface area contributed by atoms with Crippen molar-refractivity contribution in [1.29, 1.82) is 0 Å². The number of likely N-dealkylation sites (tertiary alicyclic amines) is 1. The monoisotopic (exact) mass is 298 g/mol. The molecule has 2 atom stereocenters. The molecule has 4 heteroatoms. The van der Waals surface area contributed by atoms with Crippen LogP contribution in [0.3, 0.4) is 0 Å². The van der Waals surface area contributed by atoms with Gasteiger partial charge in [0.05, 0.1) is 12.2 Å². The summed E-state index contributed by atoms with van der Waals surface area (Å²) in [5.41, 5.74) is -0.222. The summed E-state index contributed by atoms with van der Waals surface area (Å²) in [5, 5.41) is 13.9. The van der Waals surface area contributed by atoms with Crippen molar-refractivity contribution in [3.63, 3.8) is 0 Å². The summed E-state index contributed by atoms with van der Waals surface area (Å²) < 4.78 is 5.82.